The Hall–Kier alpha value is -0.540. The number of benzene rings is 1. The van der Waals surface area contributed by atoms with Crippen LogP contribution < -0.4 is 10.1 Å². The molecule has 2 rings (SSSR count). The molecule has 1 aromatic carbocycles. The van der Waals surface area contributed by atoms with Gasteiger partial charge in [0.15, 0.2) is 0 Å². The monoisotopic (exact) mass is 269 g/mol. The van der Waals surface area contributed by atoms with Gasteiger partial charge in [-0.1, -0.05) is 13.0 Å². The number of hydrogen-bond acceptors (Lipinski definition) is 2. The average molecular weight is 270 g/mol. The quantitative estimate of drug-likeness (QED) is 0.910. The van der Waals surface area contributed by atoms with Crippen LogP contribution in [0.2, 0.25) is 0 Å². The minimum absolute atomic E-state index is 0.358. The highest BCUT2D eigenvalue weighted by molar-refractivity contribution is 9.10. The second kappa shape index (κ2) is 4.54. The zero-order chi connectivity index (χ0) is 10.8. The Kier molecular flexibility index (Phi) is 3.32. The number of aryl methyl sites for hydroxylation is 1. The average Bonchev–Trinajstić information content (AvgIpc) is 2.58. The summed E-state index contributed by atoms with van der Waals surface area (Å²) in [6.45, 7) is 6.08. The number of rotatable bonds is 3. The molecule has 0 radical (unpaired) electrons. The van der Waals surface area contributed by atoms with Gasteiger partial charge in [0, 0.05) is 5.56 Å². The van der Waals surface area contributed by atoms with E-state index in [9.17, 15) is 0 Å². The number of ether oxygens (including phenoxy) is 1. The van der Waals surface area contributed by atoms with Gasteiger partial charge in [0.2, 0.25) is 0 Å². The van der Waals surface area contributed by atoms with Crippen molar-refractivity contribution in [1.82, 2.24) is 5.32 Å². The van der Waals surface area contributed by atoms with Gasteiger partial charge < -0.3 is 10.1 Å². The maximum Gasteiger partial charge on any atom is 0.138 e. The molecular weight excluding hydrogens is 254 g/mol. The minimum Gasteiger partial charge on any atom is -0.490 e. The van der Waals surface area contributed by atoms with Crippen LogP contribution >= 0.6 is 15.9 Å². The molecular formula is C12H16BrNO. The van der Waals surface area contributed by atoms with Crippen molar-refractivity contribution in [3.05, 3.63) is 27.7 Å². The number of fused-ring (bicyclic) bond motifs is 1. The molecule has 1 atom stereocenters. The molecule has 1 aliphatic rings. The first-order valence-electron chi connectivity index (χ1n) is 5.38. The molecule has 0 spiro atoms. The first-order valence-corrected chi connectivity index (χ1v) is 6.18. The third kappa shape index (κ3) is 2.18. The van der Waals surface area contributed by atoms with E-state index in [4.69, 9.17) is 4.74 Å². The summed E-state index contributed by atoms with van der Waals surface area (Å²) in [6.07, 6.45) is 1.15. The molecule has 0 aromatic heterocycles. The van der Waals surface area contributed by atoms with Gasteiger partial charge in [-0.15, -0.1) is 0 Å². The molecule has 0 saturated carbocycles. The van der Waals surface area contributed by atoms with Gasteiger partial charge in [-0.05, 0) is 47.4 Å². The molecule has 0 fully saturated rings. The molecule has 1 N–H and O–H groups in total. The van der Waals surface area contributed by atoms with Crippen LogP contribution in [-0.2, 0) is 0 Å². The molecule has 82 valence electrons. The number of halogens is 1. The maximum atomic E-state index is 5.68. The van der Waals surface area contributed by atoms with E-state index < -0.39 is 0 Å². The Morgan fingerprint density at radius 3 is 3.07 bits per heavy atom. The Labute approximate surface area is 99.1 Å². The Morgan fingerprint density at radius 2 is 2.33 bits per heavy atom. The third-order valence-electron chi connectivity index (χ3n) is 2.63. The van der Waals surface area contributed by atoms with Crippen molar-refractivity contribution < 1.29 is 4.74 Å². The lowest BCUT2D eigenvalue weighted by Gasteiger charge is -2.10. The molecule has 15 heavy (non-hydrogen) atoms. The van der Waals surface area contributed by atoms with Gasteiger partial charge in [0.1, 0.15) is 12.4 Å². The topological polar surface area (TPSA) is 21.3 Å². The Balaban J connectivity index is 2.25. The number of hydrogen-bond donors (Lipinski definition) is 1. The van der Waals surface area contributed by atoms with Crippen molar-refractivity contribution in [2.24, 2.45) is 0 Å². The van der Waals surface area contributed by atoms with Crippen LogP contribution in [0.3, 0.4) is 0 Å². The molecule has 0 aliphatic carbocycles. The van der Waals surface area contributed by atoms with E-state index in [0.717, 1.165) is 29.8 Å². The van der Waals surface area contributed by atoms with Crippen LogP contribution in [-0.4, -0.2) is 13.2 Å². The molecule has 3 heteroatoms. The van der Waals surface area contributed by atoms with E-state index >= 15 is 0 Å². The lowest BCUT2D eigenvalue weighted by molar-refractivity contribution is 0.310. The first kappa shape index (κ1) is 11.0. The summed E-state index contributed by atoms with van der Waals surface area (Å²) in [5.41, 5.74) is 2.56. The van der Waals surface area contributed by atoms with Gasteiger partial charge in [0.05, 0.1) is 10.5 Å². The maximum absolute atomic E-state index is 5.68. The Morgan fingerprint density at radius 1 is 1.53 bits per heavy atom. The molecule has 0 amide bonds. The van der Waals surface area contributed by atoms with Crippen LogP contribution in [0.1, 0.15) is 30.5 Å². The highest BCUT2D eigenvalue weighted by Crippen LogP contribution is 2.39. The molecule has 1 unspecified atom stereocenters. The van der Waals surface area contributed by atoms with E-state index in [1.807, 2.05) is 0 Å². The molecule has 2 nitrogen and oxygen atoms in total. The molecule has 0 bridgehead atoms. The van der Waals surface area contributed by atoms with E-state index in [0.29, 0.717) is 6.04 Å². The van der Waals surface area contributed by atoms with Crippen LogP contribution in [0.25, 0.3) is 0 Å². The van der Waals surface area contributed by atoms with E-state index in [1.54, 1.807) is 0 Å². The van der Waals surface area contributed by atoms with Crippen LogP contribution in [0.15, 0.2) is 16.6 Å². The summed E-state index contributed by atoms with van der Waals surface area (Å²) in [4.78, 5) is 0. The van der Waals surface area contributed by atoms with Gasteiger partial charge in [0.25, 0.3) is 0 Å². The normalized spacial score (nSPS) is 18.7. The largest absolute Gasteiger partial charge is 0.490 e. The molecule has 1 aromatic rings. The van der Waals surface area contributed by atoms with Crippen molar-refractivity contribution in [2.45, 2.75) is 26.3 Å². The van der Waals surface area contributed by atoms with Crippen molar-refractivity contribution in [1.29, 1.82) is 0 Å². The van der Waals surface area contributed by atoms with Crippen molar-refractivity contribution in [3.63, 3.8) is 0 Å². The fourth-order valence-corrected chi connectivity index (χ4v) is 2.62. The third-order valence-corrected chi connectivity index (χ3v) is 3.22. The molecule has 0 saturated heterocycles. The second-order valence-electron chi connectivity index (χ2n) is 3.98. The summed E-state index contributed by atoms with van der Waals surface area (Å²) >= 11 is 3.54. The summed E-state index contributed by atoms with van der Waals surface area (Å²) in [5.74, 6) is 1.01. The van der Waals surface area contributed by atoms with Crippen LogP contribution in [0.4, 0.5) is 0 Å². The lowest BCUT2D eigenvalue weighted by Crippen LogP contribution is -2.23. The summed E-state index contributed by atoms with van der Waals surface area (Å²) in [5, 5.41) is 3.50. The first-order chi connectivity index (χ1) is 7.22. The standard InChI is InChI=1S/C12H16BrNO/c1-3-4-14-11-7-15-12-9(11)5-8(2)6-10(12)13/h5-6,11,14H,3-4,7H2,1-2H3. The van der Waals surface area contributed by atoms with Crippen LogP contribution in [0, 0.1) is 6.92 Å². The summed E-state index contributed by atoms with van der Waals surface area (Å²) in [7, 11) is 0. The summed E-state index contributed by atoms with van der Waals surface area (Å²) in [6, 6.07) is 4.66. The SMILES string of the molecule is CCCNC1COc2c(Br)cc(C)cc21. The Bertz CT molecular complexity index is 365. The minimum atomic E-state index is 0.358. The highest BCUT2D eigenvalue weighted by atomic mass is 79.9. The van der Waals surface area contributed by atoms with Gasteiger partial charge >= 0.3 is 0 Å². The van der Waals surface area contributed by atoms with E-state index in [2.05, 4.69) is 47.2 Å². The van der Waals surface area contributed by atoms with Gasteiger partial charge in [-0.25, -0.2) is 0 Å². The van der Waals surface area contributed by atoms with Crippen molar-refractivity contribution >= 4 is 15.9 Å². The zero-order valence-electron chi connectivity index (χ0n) is 9.14. The van der Waals surface area contributed by atoms with Crippen LogP contribution in [0.5, 0.6) is 5.75 Å². The fourth-order valence-electron chi connectivity index (χ4n) is 1.91. The predicted octanol–water partition coefficient (Wildman–Crippen LogP) is 3.19. The van der Waals surface area contributed by atoms with Crippen molar-refractivity contribution in [2.75, 3.05) is 13.2 Å². The van der Waals surface area contributed by atoms with E-state index in [-0.39, 0.29) is 0 Å². The molecule has 1 heterocycles. The fraction of sp³-hybridized carbons (Fsp3) is 0.500. The summed E-state index contributed by atoms with van der Waals surface area (Å²) < 4.78 is 6.75. The lowest BCUT2D eigenvalue weighted by atomic mass is 10.1. The smallest absolute Gasteiger partial charge is 0.138 e. The second-order valence-corrected chi connectivity index (χ2v) is 4.84. The molecule has 1 aliphatic heterocycles. The predicted molar refractivity (Wildman–Crippen MR) is 65.4 cm³/mol. The zero-order valence-corrected chi connectivity index (χ0v) is 10.7. The highest BCUT2D eigenvalue weighted by Gasteiger charge is 2.25. The number of nitrogens with one attached hydrogen (secondary N) is 1. The van der Waals surface area contributed by atoms with Crippen molar-refractivity contribution in [3.8, 4) is 5.75 Å². The van der Waals surface area contributed by atoms with Gasteiger partial charge in [-0.2, -0.15) is 0 Å². The van der Waals surface area contributed by atoms with E-state index in [1.165, 1.54) is 11.1 Å². The van der Waals surface area contributed by atoms with Gasteiger partial charge in [-0.3, -0.25) is 0 Å².